The number of hydrogen-bond acceptors (Lipinski definition) is 3. The standard InChI is InChI=1S/C22H24Cl2N2O/c1-22(20(27)13-15-8-9-18(23)19(24)12-15)17-7-3-2-6-16(17)14-21(25-22)26-10-4-5-11-26/h2-3,6-9,12,21,25H,4-5,10-11,13-14H2,1H3/t21?,22-/m1/s1. The summed E-state index contributed by atoms with van der Waals surface area (Å²) in [6, 6.07) is 13.7. The molecule has 2 aliphatic rings. The van der Waals surface area contributed by atoms with Gasteiger partial charge in [0.15, 0.2) is 5.78 Å². The molecule has 1 N–H and O–H groups in total. The topological polar surface area (TPSA) is 32.3 Å². The Morgan fingerprint density at radius 1 is 1.15 bits per heavy atom. The first-order valence-corrected chi connectivity index (χ1v) is 10.3. The molecule has 0 saturated carbocycles. The number of Topliss-reactive ketones (excluding diaryl/α,β-unsaturated/α-hetero) is 1. The average Bonchev–Trinajstić information content (AvgIpc) is 3.19. The number of hydrogen-bond donors (Lipinski definition) is 1. The van der Waals surface area contributed by atoms with E-state index in [0.29, 0.717) is 16.5 Å². The molecular formula is C22H24Cl2N2O. The van der Waals surface area contributed by atoms with E-state index >= 15 is 0 Å². The highest BCUT2D eigenvalue weighted by atomic mass is 35.5. The molecule has 0 aromatic heterocycles. The van der Waals surface area contributed by atoms with E-state index in [9.17, 15) is 4.79 Å². The van der Waals surface area contributed by atoms with Gasteiger partial charge in [-0.25, -0.2) is 0 Å². The summed E-state index contributed by atoms with van der Waals surface area (Å²) in [6.07, 6.45) is 3.92. The molecule has 0 aliphatic carbocycles. The maximum atomic E-state index is 13.5. The third-order valence-electron chi connectivity index (χ3n) is 5.91. The molecule has 27 heavy (non-hydrogen) atoms. The van der Waals surface area contributed by atoms with Gasteiger partial charge >= 0.3 is 0 Å². The number of carbonyl (C=O) groups excluding carboxylic acids is 1. The first kappa shape index (κ1) is 18.9. The van der Waals surface area contributed by atoms with Crippen LogP contribution in [0.15, 0.2) is 42.5 Å². The number of carbonyl (C=O) groups is 1. The summed E-state index contributed by atoms with van der Waals surface area (Å²) in [5.41, 5.74) is 2.52. The maximum Gasteiger partial charge on any atom is 0.161 e. The molecule has 2 aromatic rings. The predicted molar refractivity (Wildman–Crippen MR) is 110 cm³/mol. The maximum absolute atomic E-state index is 13.5. The number of benzene rings is 2. The monoisotopic (exact) mass is 402 g/mol. The van der Waals surface area contributed by atoms with Gasteiger partial charge in [-0.2, -0.15) is 0 Å². The van der Waals surface area contributed by atoms with Crippen LogP contribution in [0.25, 0.3) is 0 Å². The van der Waals surface area contributed by atoms with E-state index in [0.717, 1.165) is 30.6 Å². The number of nitrogens with zero attached hydrogens (tertiary/aromatic N) is 1. The highest BCUT2D eigenvalue weighted by Gasteiger charge is 2.43. The zero-order valence-electron chi connectivity index (χ0n) is 15.5. The van der Waals surface area contributed by atoms with Gasteiger partial charge in [-0.05, 0) is 61.7 Å². The summed E-state index contributed by atoms with van der Waals surface area (Å²) >= 11 is 12.2. The van der Waals surface area contributed by atoms with Crippen molar-refractivity contribution in [3.8, 4) is 0 Å². The fraction of sp³-hybridized carbons (Fsp3) is 0.409. The summed E-state index contributed by atoms with van der Waals surface area (Å²) in [5, 5.41) is 4.69. The molecule has 0 bridgehead atoms. The lowest BCUT2D eigenvalue weighted by Crippen LogP contribution is -2.60. The van der Waals surface area contributed by atoms with Crippen LogP contribution in [0.3, 0.4) is 0 Å². The minimum atomic E-state index is -0.714. The Morgan fingerprint density at radius 3 is 2.63 bits per heavy atom. The van der Waals surface area contributed by atoms with Gasteiger partial charge < -0.3 is 0 Å². The predicted octanol–water partition coefficient (Wildman–Crippen LogP) is 4.59. The highest BCUT2D eigenvalue weighted by molar-refractivity contribution is 6.42. The Bertz CT molecular complexity index is 863. The molecule has 1 fully saturated rings. The van der Waals surface area contributed by atoms with Crippen molar-refractivity contribution in [3.63, 3.8) is 0 Å². The fourth-order valence-electron chi connectivity index (χ4n) is 4.37. The molecule has 2 heterocycles. The molecule has 1 unspecified atom stereocenters. The second kappa shape index (κ2) is 7.56. The van der Waals surface area contributed by atoms with Crippen LogP contribution in [0, 0.1) is 0 Å². The molecule has 0 amide bonds. The van der Waals surface area contributed by atoms with E-state index in [1.54, 1.807) is 12.1 Å². The number of nitrogens with one attached hydrogen (secondary N) is 1. The van der Waals surface area contributed by atoms with Crippen LogP contribution < -0.4 is 5.32 Å². The van der Waals surface area contributed by atoms with E-state index in [1.807, 2.05) is 19.1 Å². The van der Waals surface area contributed by atoms with Crippen LogP contribution in [-0.4, -0.2) is 29.9 Å². The van der Waals surface area contributed by atoms with Crippen molar-refractivity contribution in [2.45, 2.75) is 44.3 Å². The van der Waals surface area contributed by atoms with E-state index in [4.69, 9.17) is 23.2 Å². The second-order valence-corrected chi connectivity index (χ2v) is 8.55. The zero-order valence-corrected chi connectivity index (χ0v) is 17.0. The Kier molecular flexibility index (Phi) is 5.30. The van der Waals surface area contributed by atoms with Crippen LogP contribution in [0.1, 0.15) is 36.5 Å². The summed E-state index contributed by atoms with van der Waals surface area (Å²) in [4.78, 5) is 15.9. The molecule has 2 aliphatic heterocycles. The number of rotatable bonds is 4. The van der Waals surface area contributed by atoms with Crippen LogP contribution in [0.4, 0.5) is 0 Å². The van der Waals surface area contributed by atoms with Gasteiger partial charge in [0.25, 0.3) is 0 Å². The minimum absolute atomic E-state index is 0.150. The third-order valence-corrected chi connectivity index (χ3v) is 6.65. The molecule has 3 nitrogen and oxygen atoms in total. The van der Waals surface area contributed by atoms with Crippen LogP contribution >= 0.6 is 23.2 Å². The lowest BCUT2D eigenvalue weighted by molar-refractivity contribution is -0.126. The van der Waals surface area contributed by atoms with Crippen LogP contribution in [0.2, 0.25) is 10.0 Å². The van der Waals surface area contributed by atoms with Gasteiger partial charge in [-0.15, -0.1) is 0 Å². The summed E-state index contributed by atoms with van der Waals surface area (Å²) in [6.45, 7) is 4.21. The highest BCUT2D eigenvalue weighted by Crippen LogP contribution is 2.34. The quantitative estimate of drug-likeness (QED) is 0.811. The van der Waals surface area contributed by atoms with Crippen LogP contribution in [-0.2, 0) is 23.2 Å². The van der Waals surface area contributed by atoms with Gasteiger partial charge in [-0.3, -0.25) is 15.0 Å². The number of ketones is 1. The van der Waals surface area contributed by atoms with E-state index in [2.05, 4.69) is 28.4 Å². The Labute approximate surface area is 170 Å². The van der Waals surface area contributed by atoms with Gasteiger partial charge in [0.2, 0.25) is 0 Å². The van der Waals surface area contributed by atoms with Gasteiger partial charge in [0.05, 0.1) is 16.2 Å². The third kappa shape index (κ3) is 3.66. The number of halogens is 2. The molecule has 2 atom stereocenters. The van der Waals surface area contributed by atoms with Crippen molar-refractivity contribution >= 4 is 29.0 Å². The number of fused-ring (bicyclic) bond motifs is 1. The zero-order chi connectivity index (χ0) is 19.0. The lowest BCUT2D eigenvalue weighted by Gasteiger charge is -2.43. The first-order chi connectivity index (χ1) is 13.0. The van der Waals surface area contributed by atoms with Crippen molar-refractivity contribution < 1.29 is 4.79 Å². The first-order valence-electron chi connectivity index (χ1n) is 9.55. The molecule has 0 radical (unpaired) electrons. The molecular weight excluding hydrogens is 379 g/mol. The van der Waals surface area contributed by atoms with Crippen molar-refractivity contribution in [2.24, 2.45) is 0 Å². The molecule has 5 heteroatoms. The van der Waals surface area contributed by atoms with Crippen molar-refractivity contribution in [3.05, 3.63) is 69.2 Å². The van der Waals surface area contributed by atoms with Crippen molar-refractivity contribution in [1.29, 1.82) is 0 Å². The Balaban J connectivity index is 1.65. The molecule has 1 saturated heterocycles. The second-order valence-electron chi connectivity index (χ2n) is 7.74. The van der Waals surface area contributed by atoms with Crippen molar-refractivity contribution in [1.82, 2.24) is 10.2 Å². The lowest BCUT2D eigenvalue weighted by atomic mass is 9.78. The summed E-state index contributed by atoms with van der Waals surface area (Å²) in [5.74, 6) is 0.150. The molecule has 0 spiro atoms. The minimum Gasteiger partial charge on any atom is -0.297 e. The molecule has 4 rings (SSSR count). The van der Waals surface area contributed by atoms with Gasteiger partial charge in [0.1, 0.15) is 5.54 Å². The smallest absolute Gasteiger partial charge is 0.161 e. The molecule has 2 aromatic carbocycles. The fourth-order valence-corrected chi connectivity index (χ4v) is 4.69. The van der Waals surface area contributed by atoms with Crippen LogP contribution in [0.5, 0.6) is 0 Å². The Hall–Kier alpha value is -1.39. The number of likely N-dealkylation sites (tertiary alicyclic amines) is 1. The Morgan fingerprint density at radius 2 is 1.89 bits per heavy atom. The molecule has 142 valence electrons. The van der Waals surface area contributed by atoms with Gasteiger partial charge in [-0.1, -0.05) is 53.5 Å². The SMILES string of the molecule is C[C@@]1(C(=O)Cc2ccc(Cl)c(Cl)c2)NC(N2CCCC2)Cc2ccccc21. The average molecular weight is 403 g/mol. The summed E-state index contributed by atoms with van der Waals surface area (Å²) < 4.78 is 0. The van der Waals surface area contributed by atoms with E-state index < -0.39 is 5.54 Å². The summed E-state index contributed by atoms with van der Waals surface area (Å²) in [7, 11) is 0. The van der Waals surface area contributed by atoms with Crippen molar-refractivity contribution in [2.75, 3.05) is 13.1 Å². The largest absolute Gasteiger partial charge is 0.297 e. The van der Waals surface area contributed by atoms with E-state index in [-0.39, 0.29) is 11.9 Å². The van der Waals surface area contributed by atoms with E-state index in [1.165, 1.54) is 18.4 Å². The normalized spacial score (nSPS) is 25.4. The van der Waals surface area contributed by atoms with Gasteiger partial charge in [0, 0.05) is 12.8 Å².